The second-order valence-electron chi connectivity index (χ2n) is 5.16. The molecule has 0 spiro atoms. The molecule has 2 aromatic rings. The minimum absolute atomic E-state index is 0.730. The van der Waals surface area contributed by atoms with Crippen molar-refractivity contribution < 1.29 is 0 Å². The zero-order valence-electron chi connectivity index (χ0n) is 12.4. The van der Waals surface area contributed by atoms with E-state index in [2.05, 4.69) is 47.3 Å². The topological polar surface area (TPSA) is 47.1 Å². The number of hydrogen-bond donors (Lipinski definition) is 1. The summed E-state index contributed by atoms with van der Waals surface area (Å²) in [4.78, 5) is 2.40. The normalized spacial score (nSPS) is 10.8. The molecule has 0 amide bonds. The summed E-state index contributed by atoms with van der Waals surface area (Å²) in [6.45, 7) is 4.83. The van der Waals surface area contributed by atoms with Crippen molar-refractivity contribution in [1.29, 1.82) is 0 Å². The molecule has 0 aliphatic heterocycles. The lowest BCUT2D eigenvalue weighted by Crippen LogP contribution is -2.28. The zero-order valence-corrected chi connectivity index (χ0v) is 12.4. The smallest absolute Gasteiger partial charge is 0.0492 e. The van der Waals surface area contributed by atoms with Gasteiger partial charge in [0.1, 0.15) is 0 Å². The summed E-state index contributed by atoms with van der Waals surface area (Å²) in [6, 6.07) is 10.8. The largest absolute Gasteiger partial charge is 0.371 e. The average molecular weight is 272 g/mol. The maximum absolute atomic E-state index is 5.65. The van der Waals surface area contributed by atoms with E-state index < -0.39 is 0 Å². The van der Waals surface area contributed by atoms with Gasteiger partial charge >= 0.3 is 0 Å². The molecule has 0 aliphatic rings. The van der Waals surface area contributed by atoms with Gasteiger partial charge in [-0.3, -0.25) is 4.68 Å². The summed E-state index contributed by atoms with van der Waals surface area (Å²) in [7, 11) is 1.99. The monoisotopic (exact) mass is 272 g/mol. The van der Waals surface area contributed by atoms with E-state index in [9.17, 15) is 0 Å². The molecule has 1 heterocycles. The molecule has 0 radical (unpaired) electrons. The van der Waals surface area contributed by atoms with Gasteiger partial charge in [-0.05, 0) is 38.1 Å². The number of nitrogens with zero attached hydrogens (tertiary/aromatic N) is 3. The highest BCUT2D eigenvalue weighted by molar-refractivity contribution is 5.47. The zero-order chi connectivity index (χ0) is 14.4. The van der Waals surface area contributed by atoms with Crippen LogP contribution in [0.5, 0.6) is 0 Å². The Balaban J connectivity index is 2.03. The molecule has 0 fully saturated rings. The number of anilines is 1. The fourth-order valence-electron chi connectivity index (χ4n) is 2.30. The third-order valence-corrected chi connectivity index (χ3v) is 3.59. The Morgan fingerprint density at radius 3 is 2.50 bits per heavy atom. The van der Waals surface area contributed by atoms with Gasteiger partial charge in [-0.2, -0.15) is 5.10 Å². The van der Waals surface area contributed by atoms with Crippen molar-refractivity contribution in [2.45, 2.75) is 19.8 Å². The van der Waals surface area contributed by atoms with Crippen molar-refractivity contribution in [3.8, 4) is 0 Å². The van der Waals surface area contributed by atoms with E-state index in [1.807, 2.05) is 17.9 Å². The van der Waals surface area contributed by atoms with Crippen LogP contribution >= 0.6 is 0 Å². The van der Waals surface area contributed by atoms with Gasteiger partial charge in [-0.25, -0.2) is 0 Å². The molecule has 0 bridgehead atoms. The summed E-state index contributed by atoms with van der Waals surface area (Å²) in [5.74, 6) is 0. The summed E-state index contributed by atoms with van der Waals surface area (Å²) < 4.78 is 1.94. The minimum atomic E-state index is 0.730. The quantitative estimate of drug-likeness (QED) is 0.840. The van der Waals surface area contributed by atoms with Gasteiger partial charge in [-0.1, -0.05) is 17.7 Å². The van der Waals surface area contributed by atoms with Crippen LogP contribution in [0.1, 0.15) is 17.7 Å². The molecule has 0 atom stereocenters. The van der Waals surface area contributed by atoms with Crippen LogP contribution in [0.25, 0.3) is 0 Å². The van der Waals surface area contributed by atoms with Gasteiger partial charge in [0, 0.05) is 44.1 Å². The summed E-state index contributed by atoms with van der Waals surface area (Å²) in [6.07, 6.45) is 3.86. The highest BCUT2D eigenvalue weighted by Crippen LogP contribution is 2.16. The van der Waals surface area contributed by atoms with Gasteiger partial charge in [0.05, 0.1) is 0 Å². The van der Waals surface area contributed by atoms with Crippen molar-refractivity contribution >= 4 is 5.69 Å². The minimum Gasteiger partial charge on any atom is -0.371 e. The summed E-state index contributed by atoms with van der Waals surface area (Å²) in [5.41, 5.74) is 9.47. The maximum atomic E-state index is 5.65. The molecule has 2 N–H and O–H groups in total. The first-order valence-electron chi connectivity index (χ1n) is 7.19. The van der Waals surface area contributed by atoms with E-state index in [0.29, 0.717) is 0 Å². The van der Waals surface area contributed by atoms with E-state index in [1.165, 1.54) is 16.9 Å². The Hall–Kier alpha value is -1.81. The second kappa shape index (κ2) is 7.10. The van der Waals surface area contributed by atoms with Crippen molar-refractivity contribution in [2.24, 2.45) is 12.8 Å². The molecule has 1 aromatic carbocycles. The van der Waals surface area contributed by atoms with E-state index in [0.717, 1.165) is 32.5 Å². The molecular weight excluding hydrogens is 248 g/mol. The molecule has 0 saturated carbocycles. The Morgan fingerprint density at radius 2 is 1.90 bits per heavy atom. The van der Waals surface area contributed by atoms with Crippen LogP contribution in [0, 0.1) is 6.92 Å². The van der Waals surface area contributed by atoms with Gasteiger partial charge in [-0.15, -0.1) is 0 Å². The Morgan fingerprint density at radius 1 is 1.15 bits per heavy atom. The molecule has 0 unspecified atom stereocenters. The Bertz CT molecular complexity index is 516. The second-order valence-corrected chi connectivity index (χ2v) is 5.16. The number of aryl methyl sites for hydroxylation is 2. The van der Waals surface area contributed by atoms with Gasteiger partial charge in [0.2, 0.25) is 0 Å². The van der Waals surface area contributed by atoms with E-state index in [4.69, 9.17) is 5.73 Å². The highest BCUT2D eigenvalue weighted by atomic mass is 15.3. The van der Waals surface area contributed by atoms with Crippen molar-refractivity contribution in [3.63, 3.8) is 0 Å². The predicted octanol–water partition coefficient (Wildman–Crippen LogP) is 2.13. The van der Waals surface area contributed by atoms with Crippen LogP contribution in [-0.2, 0) is 13.5 Å². The fraction of sp³-hybridized carbons (Fsp3) is 0.438. The first-order chi connectivity index (χ1) is 9.70. The molecule has 0 saturated heterocycles. The lowest BCUT2D eigenvalue weighted by atomic mass is 10.2. The van der Waals surface area contributed by atoms with Crippen molar-refractivity contribution in [1.82, 2.24) is 9.78 Å². The molecule has 4 nitrogen and oxygen atoms in total. The van der Waals surface area contributed by atoms with Gasteiger partial charge in [0.15, 0.2) is 0 Å². The molecule has 20 heavy (non-hydrogen) atoms. The SMILES string of the molecule is Cc1ccc(N(CCCN)CCc2ccnn2C)cc1. The molecule has 108 valence electrons. The third kappa shape index (κ3) is 3.84. The number of benzene rings is 1. The Labute approximate surface area is 121 Å². The predicted molar refractivity (Wildman–Crippen MR) is 84.0 cm³/mol. The maximum Gasteiger partial charge on any atom is 0.0492 e. The van der Waals surface area contributed by atoms with E-state index >= 15 is 0 Å². The van der Waals surface area contributed by atoms with Crippen LogP contribution in [0.4, 0.5) is 5.69 Å². The first kappa shape index (κ1) is 14.6. The standard InChI is InChI=1S/C16H24N4/c1-14-4-6-16(7-5-14)20(12-3-10-17)13-9-15-8-11-18-19(15)2/h4-8,11H,3,9-10,12-13,17H2,1-2H3. The lowest BCUT2D eigenvalue weighted by molar-refractivity contribution is 0.675. The molecule has 1 aromatic heterocycles. The van der Waals surface area contributed by atoms with Crippen LogP contribution in [0.15, 0.2) is 36.5 Å². The molecule has 0 aliphatic carbocycles. The molecule has 2 rings (SSSR count). The third-order valence-electron chi connectivity index (χ3n) is 3.59. The first-order valence-corrected chi connectivity index (χ1v) is 7.19. The van der Waals surface area contributed by atoms with Crippen LogP contribution in [-0.4, -0.2) is 29.4 Å². The van der Waals surface area contributed by atoms with E-state index in [1.54, 1.807) is 0 Å². The molecular formula is C16H24N4. The number of aromatic nitrogens is 2. The fourth-order valence-corrected chi connectivity index (χ4v) is 2.30. The van der Waals surface area contributed by atoms with E-state index in [-0.39, 0.29) is 0 Å². The lowest BCUT2D eigenvalue weighted by Gasteiger charge is -2.25. The van der Waals surface area contributed by atoms with Crippen molar-refractivity contribution in [2.75, 3.05) is 24.5 Å². The van der Waals surface area contributed by atoms with Crippen LogP contribution in [0.3, 0.4) is 0 Å². The number of rotatable bonds is 7. The summed E-state index contributed by atoms with van der Waals surface area (Å²) in [5, 5.41) is 4.22. The van der Waals surface area contributed by atoms with Gasteiger partial charge < -0.3 is 10.6 Å². The van der Waals surface area contributed by atoms with Crippen LogP contribution < -0.4 is 10.6 Å². The highest BCUT2D eigenvalue weighted by Gasteiger charge is 2.07. The summed E-state index contributed by atoms with van der Waals surface area (Å²) >= 11 is 0. The number of nitrogens with two attached hydrogens (primary N) is 1. The van der Waals surface area contributed by atoms with Crippen LogP contribution in [0.2, 0.25) is 0 Å². The number of hydrogen-bond acceptors (Lipinski definition) is 3. The van der Waals surface area contributed by atoms with Crippen molar-refractivity contribution in [3.05, 3.63) is 47.8 Å². The van der Waals surface area contributed by atoms with Gasteiger partial charge in [0.25, 0.3) is 0 Å². The molecule has 4 heteroatoms. The average Bonchev–Trinajstić information content (AvgIpc) is 2.86. The Kier molecular flexibility index (Phi) is 5.18.